The van der Waals surface area contributed by atoms with Gasteiger partial charge in [-0.25, -0.2) is 0 Å². The quantitative estimate of drug-likeness (QED) is 0.345. The van der Waals surface area contributed by atoms with E-state index in [4.69, 9.17) is 4.74 Å². The molecule has 0 saturated heterocycles. The zero-order chi connectivity index (χ0) is 19.8. The SMILES string of the molecule is CCC(C)(Pc1ccccc1C=NC)c1ccccc1OCc1ccccc1. The zero-order valence-electron chi connectivity index (χ0n) is 16.9. The van der Waals surface area contributed by atoms with Gasteiger partial charge in [-0.2, -0.15) is 0 Å². The second-order valence-corrected chi connectivity index (χ2v) is 8.95. The molecule has 0 spiro atoms. The Balaban J connectivity index is 1.89. The Morgan fingerprint density at radius 2 is 1.61 bits per heavy atom. The normalized spacial score (nSPS) is 13.8. The smallest absolute Gasteiger partial charge is 0.123 e. The lowest BCUT2D eigenvalue weighted by molar-refractivity contribution is 0.300. The molecule has 28 heavy (non-hydrogen) atoms. The molecule has 0 aromatic heterocycles. The Bertz CT molecular complexity index is 923. The predicted molar refractivity (Wildman–Crippen MR) is 123 cm³/mol. The number of ether oxygens (including phenoxy) is 1. The van der Waals surface area contributed by atoms with Gasteiger partial charge in [-0.15, -0.1) is 0 Å². The Morgan fingerprint density at radius 3 is 2.36 bits per heavy atom. The van der Waals surface area contributed by atoms with E-state index < -0.39 is 0 Å². The average molecular weight is 389 g/mol. The molecule has 0 aliphatic carbocycles. The fourth-order valence-corrected chi connectivity index (χ4v) is 4.87. The van der Waals surface area contributed by atoms with Crippen molar-refractivity contribution in [2.45, 2.75) is 32.0 Å². The molecule has 0 radical (unpaired) electrons. The van der Waals surface area contributed by atoms with Gasteiger partial charge in [0.05, 0.1) is 0 Å². The Morgan fingerprint density at radius 1 is 0.929 bits per heavy atom. The van der Waals surface area contributed by atoms with Crippen LogP contribution in [0.2, 0.25) is 0 Å². The van der Waals surface area contributed by atoms with E-state index in [1.165, 1.54) is 22.0 Å². The second kappa shape index (κ2) is 9.66. The number of hydrogen-bond donors (Lipinski definition) is 0. The molecule has 0 aliphatic rings. The fraction of sp³-hybridized carbons (Fsp3) is 0.240. The van der Waals surface area contributed by atoms with Gasteiger partial charge < -0.3 is 4.74 Å². The van der Waals surface area contributed by atoms with E-state index in [0.29, 0.717) is 15.2 Å². The summed E-state index contributed by atoms with van der Waals surface area (Å²) in [4.78, 5) is 4.23. The minimum atomic E-state index is 0.00493. The molecular weight excluding hydrogens is 361 g/mol. The van der Waals surface area contributed by atoms with E-state index in [0.717, 1.165) is 12.2 Å². The van der Waals surface area contributed by atoms with Crippen molar-refractivity contribution in [3.63, 3.8) is 0 Å². The van der Waals surface area contributed by atoms with Crippen LogP contribution in [0.25, 0.3) is 0 Å². The van der Waals surface area contributed by atoms with Gasteiger partial charge in [0, 0.05) is 24.0 Å². The first-order valence-electron chi connectivity index (χ1n) is 9.72. The highest BCUT2D eigenvalue weighted by molar-refractivity contribution is 7.48. The zero-order valence-corrected chi connectivity index (χ0v) is 17.9. The standard InChI is InChI=1S/C25H28NOP/c1-4-25(2,28-24-17-11-8-14-21(24)18-26-3)22-15-9-10-16-23(22)27-19-20-12-6-5-7-13-20/h5-18,28H,4,19H2,1-3H3. The van der Waals surface area contributed by atoms with Crippen molar-refractivity contribution in [1.82, 2.24) is 0 Å². The predicted octanol–water partition coefficient (Wildman–Crippen LogP) is 5.94. The summed E-state index contributed by atoms with van der Waals surface area (Å²) in [6.07, 6.45) is 2.99. The van der Waals surface area contributed by atoms with Crippen molar-refractivity contribution in [3.8, 4) is 5.75 Å². The van der Waals surface area contributed by atoms with Crippen molar-refractivity contribution in [1.29, 1.82) is 0 Å². The molecular formula is C25H28NOP. The second-order valence-electron chi connectivity index (χ2n) is 7.06. The average Bonchev–Trinajstić information content (AvgIpc) is 2.75. The van der Waals surface area contributed by atoms with Crippen LogP contribution in [0.15, 0.2) is 83.9 Å². The van der Waals surface area contributed by atoms with Crippen LogP contribution in [0.3, 0.4) is 0 Å². The number of para-hydroxylation sites is 1. The molecule has 0 amide bonds. The van der Waals surface area contributed by atoms with Gasteiger partial charge >= 0.3 is 0 Å². The number of rotatable bonds is 8. The third kappa shape index (κ3) is 4.88. The molecule has 0 heterocycles. The van der Waals surface area contributed by atoms with Crippen molar-refractivity contribution in [3.05, 3.63) is 95.6 Å². The van der Waals surface area contributed by atoms with E-state index in [1.54, 1.807) is 0 Å². The molecule has 2 atom stereocenters. The maximum Gasteiger partial charge on any atom is 0.123 e. The number of nitrogens with zero attached hydrogens (tertiary/aromatic N) is 1. The van der Waals surface area contributed by atoms with Crippen molar-refractivity contribution in [2.75, 3.05) is 7.05 Å². The van der Waals surface area contributed by atoms with E-state index in [-0.39, 0.29) is 5.16 Å². The third-order valence-corrected chi connectivity index (χ3v) is 6.96. The summed E-state index contributed by atoms with van der Waals surface area (Å²) < 4.78 is 6.26. The Kier molecular flexibility index (Phi) is 7.01. The molecule has 0 bridgehead atoms. The molecule has 2 nitrogen and oxygen atoms in total. The highest BCUT2D eigenvalue weighted by atomic mass is 31.1. The highest BCUT2D eigenvalue weighted by Gasteiger charge is 2.29. The summed E-state index contributed by atoms with van der Waals surface area (Å²) in [5, 5.41) is 1.35. The number of aliphatic imine (C=N–C) groups is 1. The summed E-state index contributed by atoms with van der Waals surface area (Å²) in [7, 11) is 2.46. The summed E-state index contributed by atoms with van der Waals surface area (Å²) in [6.45, 7) is 5.19. The van der Waals surface area contributed by atoms with Crippen LogP contribution in [0.1, 0.15) is 37.0 Å². The van der Waals surface area contributed by atoms with Crippen LogP contribution in [-0.2, 0) is 11.8 Å². The first-order valence-corrected chi connectivity index (χ1v) is 10.7. The summed E-state index contributed by atoms with van der Waals surface area (Å²) in [6, 6.07) is 27.4. The lowest BCUT2D eigenvalue weighted by Gasteiger charge is -2.31. The van der Waals surface area contributed by atoms with Crippen LogP contribution in [0.4, 0.5) is 0 Å². The number of hydrogen-bond acceptors (Lipinski definition) is 2. The lowest BCUT2D eigenvalue weighted by Crippen LogP contribution is -2.21. The molecule has 0 saturated carbocycles. The van der Waals surface area contributed by atoms with Gasteiger partial charge in [0.15, 0.2) is 0 Å². The molecule has 144 valence electrons. The van der Waals surface area contributed by atoms with E-state index >= 15 is 0 Å². The third-order valence-electron chi connectivity index (χ3n) is 5.07. The minimum Gasteiger partial charge on any atom is -0.489 e. The molecule has 3 heteroatoms. The number of benzene rings is 3. The fourth-order valence-electron chi connectivity index (χ4n) is 3.29. The van der Waals surface area contributed by atoms with Crippen LogP contribution >= 0.6 is 8.58 Å². The van der Waals surface area contributed by atoms with Gasteiger partial charge in [-0.05, 0) is 28.9 Å². The first kappa shape index (κ1) is 20.3. The first-order chi connectivity index (χ1) is 13.7. The summed E-state index contributed by atoms with van der Waals surface area (Å²) >= 11 is 0. The minimum absolute atomic E-state index is 0.00493. The van der Waals surface area contributed by atoms with E-state index in [9.17, 15) is 0 Å². The van der Waals surface area contributed by atoms with Crippen molar-refractivity contribution < 1.29 is 4.74 Å². The molecule has 2 unspecified atom stereocenters. The van der Waals surface area contributed by atoms with E-state index in [1.807, 2.05) is 31.5 Å². The van der Waals surface area contributed by atoms with Gasteiger partial charge in [-0.1, -0.05) is 95.2 Å². The molecule has 0 fully saturated rings. The van der Waals surface area contributed by atoms with Gasteiger partial charge in [-0.3, -0.25) is 4.99 Å². The molecule has 3 rings (SSSR count). The summed E-state index contributed by atoms with van der Waals surface area (Å²) in [5.74, 6) is 0.977. The van der Waals surface area contributed by atoms with Crippen LogP contribution < -0.4 is 10.0 Å². The van der Waals surface area contributed by atoms with E-state index in [2.05, 4.69) is 79.5 Å². The van der Waals surface area contributed by atoms with Crippen molar-refractivity contribution >= 4 is 20.1 Å². The van der Waals surface area contributed by atoms with Crippen molar-refractivity contribution in [2.24, 2.45) is 4.99 Å². The largest absolute Gasteiger partial charge is 0.489 e. The lowest BCUT2D eigenvalue weighted by atomic mass is 9.96. The molecule has 3 aromatic carbocycles. The molecule has 0 aliphatic heterocycles. The maximum atomic E-state index is 6.26. The van der Waals surface area contributed by atoms with Crippen LogP contribution in [0, 0.1) is 0 Å². The monoisotopic (exact) mass is 389 g/mol. The van der Waals surface area contributed by atoms with Gasteiger partial charge in [0.25, 0.3) is 0 Å². The van der Waals surface area contributed by atoms with Crippen LogP contribution in [0.5, 0.6) is 5.75 Å². The summed E-state index contributed by atoms with van der Waals surface area (Å²) in [5.41, 5.74) is 3.66. The van der Waals surface area contributed by atoms with Crippen LogP contribution in [-0.4, -0.2) is 13.3 Å². The topological polar surface area (TPSA) is 21.6 Å². The Hall–Kier alpha value is -2.44. The Labute approximate surface area is 170 Å². The highest BCUT2D eigenvalue weighted by Crippen LogP contribution is 2.47. The maximum absolute atomic E-state index is 6.26. The van der Waals surface area contributed by atoms with Gasteiger partial charge in [0.1, 0.15) is 12.4 Å². The molecule has 0 N–H and O–H groups in total. The molecule has 3 aromatic rings. The van der Waals surface area contributed by atoms with Gasteiger partial charge in [0.2, 0.25) is 0 Å².